The average molecular weight is 261 g/mol. The summed E-state index contributed by atoms with van der Waals surface area (Å²) in [6.07, 6.45) is 3.43. The molecule has 4 nitrogen and oxygen atoms in total. The van der Waals surface area contributed by atoms with Crippen LogP contribution in [-0.2, 0) is 4.74 Å². The van der Waals surface area contributed by atoms with Crippen molar-refractivity contribution in [3.05, 3.63) is 18.3 Å². The van der Waals surface area contributed by atoms with E-state index in [0.29, 0.717) is 18.1 Å². The highest BCUT2D eigenvalue weighted by molar-refractivity contribution is 5.65. The molecule has 1 saturated carbocycles. The molecule has 2 aliphatic rings. The highest BCUT2D eigenvalue weighted by Gasteiger charge is 2.59. The third-order valence-electron chi connectivity index (χ3n) is 4.62. The van der Waals surface area contributed by atoms with Gasteiger partial charge in [-0.1, -0.05) is 13.8 Å². The fourth-order valence-corrected chi connectivity index (χ4v) is 3.65. The first kappa shape index (κ1) is 12.7. The largest absolute Gasteiger partial charge is 0.378 e. The first-order chi connectivity index (χ1) is 9.01. The molecule has 1 N–H and O–H groups in total. The predicted octanol–water partition coefficient (Wildman–Crippen LogP) is 2.37. The smallest absolute Gasteiger partial charge is 0.151 e. The number of nitrogens with one attached hydrogen (secondary N) is 1. The summed E-state index contributed by atoms with van der Waals surface area (Å²) in [7, 11) is 4.06. The van der Waals surface area contributed by atoms with Crippen LogP contribution in [0.1, 0.15) is 20.3 Å². The number of ether oxygens (including phenoxy) is 1. The minimum Gasteiger partial charge on any atom is -0.378 e. The van der Waals surface area contributed by atoms with Crippen LogP contribution in [0.3, 0.4) is 0 Å². The molecule has 3 rings (SSSR count). The van der Waals surface area contributed by atoms with Gasteiger partial charge < -0.3 is 15.0 Å². The maximum atomic E-state index is 5.85. The molecule has 2 heterocycles. The van der Waals surface area contributed by atoms with Crippen LogP contribution in [0.25, 0.3) is 0 Å². The normalized spacial score (nSPS) is 31.5. The Labute approximate surface area is 115 Å². The Balaban J connectivity index is 1.82. The second-order valence-electron chi connectivity index (χ2n) is 6.46. The minimum atomic E-state index is 0.195. The van der Waals surface area contributed by atoms with E-state index in [9.17, 15) is 0 Å². The number of nitrogens with zero attached hydrogens (tertiary/aromatic N) is 2. The Morgan fingerprint density at radius 1 is 1.42 bits per heavy atom. The van der Waals surface area contributed by atoms with E-state index >= 15 is 0 Å². The molecule has 104 valence electrons. The number of rotatable bonds is 3. The second-order valence-corrected chi connectivity index (χ2v) is 6.46. The summed E-state index contributed by atoms with van der Waals surface area (Å²) >= 11 is 0. The second kappa shape index (κ2) is 4.37. The highest BCUT2D eigenvalue weighted by atomic mass is 16.5. The molecule has 1 aliphatic carbocycles. The van der Waals surface area contributed by atoms with Gasteiger partial charge in [0, 0.05) is 44.3 Å². The quantitative estimate of drug-likeness (QED) is 0.906. The van der Waals surface area contributed by atoms with Crippen LogP contribution in [0.5, 0.6) is 0 Å². The van der Waals surface area contributed by atoms with Crippen molar-refractivity contribution in [3.8, 4) is 0 Å². The Bertz CT molecular complexity index is 472. The molecule has 0 radical (unpaired) electrons. The lowest BCUT2D eigenvalue weighted by atomic mass is 9.57. The maximum absolute atomic E-state index is 5.85. The van der Waals surface area contributed by atoms with Crippen LogP contribution in [0.15, 0.2) is 18.3 Å². The third-order valence-corrected chi connectivity index (χ3v) is 4.62. The maximum Gasteiger partial charge on any atom is 0.151 e. The molecule has 0 amide bonds. The first-order valence-electron chi connectivity index (χ1n) is 7.02. The van der Waals surface area contributed by atoms with Gasteiger partial charge in [-0.05, 0) is 18.6 Å². The number of aromatic nitrogens is 1. The average Bonchev–Trinajstić information content (AvgIpc) is 2.83. The molecule has 4 heteroatoms. The number of pyridine rings is 1. The van der Waals surface area contributed by atoms with Crippen molar-refractivity contribution in [2.24, 2.45) is 11.3 Å². The van der Waals surface area contributed by atoms with E-state index in [1.54, 1.807) is 0 Å². The van der Waals surface area contributed by atoms with Crippen molar-refractivity contribution >= 4 is 11.5 Å². The molecular formula is C15H23N3O. The van der Waals surface area contributed by atoms with Gasteiger partial charge >= 0.3 is 0 Å². The van der Waals surface area contributed by atoms with Gasteiger partial charge in [0.05, 0.1) is 11.8 Å². The molecule has 0 spiro atoms. The van der Waals surface area contributed by atoms with E-state index in [0.717, 1.165) is 18.1 Å². The van der Waals surface area contributed by atoms with E-state index in [2.05, 4.69) is 35.1 Å². The van der Waals surface area contributed by atoms with Crippen LogP contribution >= 0.6 is 0 Å². The third kappa shape index (κ3) is 1.89. The van der Waals surface area contributed by atoms with Gasteiger partial charge in [0.15, 0.2) is 5.82 Å². The number of anilines is 2. The SMILES string of the molecule is CN(C)c1ncccc1NC1C2CCOC2C1(C)C. The van der Waals surface area contributed by atoms with Crippen LogP contribution in [0.4, 0.5) is 11.5 Å². The molecule has 2 fully saturated rings. The van der Waals surface area contributed by atoms with Crippen LogP contribution < -0.4 is 10.2 Å². The Morgan fingerprint density at radius 2 is 2.21 bits per heavy atom. The van der Waals surface area contributed by atoms with Crippen LogP contribution in [0.2, 0.25) is 0 Å². The Morgan fingerprint density at radius 3 is 2.95 bits per heavy atom. The molecule has 19 heavy (non-hydrogen) atoms. The zero-order chi connectivity index (χ0) is 13.6. The van der Waals surface area contributed by atoms with Crippen molar-refractivity contribution in [3.63, 3.8) is 0 Å². The van der Waals surface area contributed by atoms with Crippen LogP contribution in [0, 0.1) is 11.3 Å². The highest BCUT2D eigenvalue weighted by Crippen LogP contribution is 2.53. The van der Waals surface area contributed by atoms with E-state index < -0.39 is 0 Å². The summed E-state index contributed by atoms with van der Waals surface area (Å²) in [6, 6.07) is 4.58. The number of hydrogen-bond donors (Lipinski definition) is 1. The summed E-state index contributed by atoms with van der Waals surface area (Å²) in [4.78, 5) is 6.51. The molecule has 3 unspecified atom stereocenters. The fraction of sp³-hybridized carbons (Fsp3) is 0.667. The van der Waals surface area contributed by atoms with Gasteiger partial charge in [0.2, 0.25) is 0 Å². The van der Waals surface area contributed by atoms with Gasteiger partial charge in [-0.3, -0.25) is 0 Å². The molecule has 3 atom stereocenters. The van der Waals surface area contributed by atoms with E-state index in [-0.39, 0.29) is 5.41 Å². The molecule has 1 aromatic heterocycles. The van der Waals surface area contributed by atoms with Crippen molar-refractivity contribution < 1.29 is 4.74 Å². The lowest BCUT2D eigenvalue weighted by Crippen LogP contribution is -2.63. The summed E-state index contributed by atoms with van der Waals surface area (Å²) < 4.78 is 5.85. The standard InChI is InChI=1S/C15H23N3O/c1-15(2)12(10-7-9-19-13(10)15)17-11-6-5-8-16-14(11)18(3)4/h5-6,8,10,12-13,17H,7,9H2,1-4H3. The van der Waals surface area contributed by atoms with Gasteiger partial charge in [-0.15, -0.1) is 0 Å². The van der Waals surface area contributed by atoms with Crippen molar-refractivity contribution in [2.45, 2.75) is 32.4 Å². The van der Waals surface area contributed by atoms with E-state index in [1.807, 2.05) is 26.4 Å². The summed E-state index contributed by atoms with van der Waals surface area (Å²) in [6.45, 7) is 5.50. The van der Waals surface area contributed by atoms with Crippen molar-refractivity contribution in [2.75, 3.05) is 30.9 Å². The summed E-state index contributed by atoms with van der Waals surface area (Å²) in [5.74, 6) is 1.64. The molecule has 1 aliphatic heterocycles. The van der Waals surface area contributed by atoms with Crippen LogP contribution in [-0.4, -0.2) is 37.8 Å². The molecule has 0 aromatic carbocycles. The first-order valence-corrected chi connectivity index (χ1v) is 7.02. The molecule has 1 saturated heterocycles. The number of fused-ring (bicyclic) bond motifs is 1. The molecular weight excluding hydrogens is 238 g/mol. The van der Waals surface area contributed by atoms with E-state index in [4.69, 9.17) is 4.74 Å². The topological polar surface area (TPSA) is 37.4 Å². The fourth-order valence-electron chi connectivity index (χ4n) is 3.65. The molecule has 1 aromatic rings. The van der Waals surface area contributed by atoms with Gasteiger partial charge in [0.1, 0.15) is 0 Å². The van der Waals surface area contributed by atoms with E-state index in [1.165, 1.54) is 6.42 Å². The van der Waals surface area contributed by atoms with Crippen molar-refractivity contribution in [1.82, 2.24) is 4.98 Å². The van der Waals surface area contributed by atoms with Crippen molar-refractivity contribution in [1.29, 1.82) is 0 Å². The Hall–Kier alpha value is -1.29. The predicted molar refractivity (Wildman–Crippen MR) is 77.6 cm³/mol. The Kier molecular flexibility index (Phi) is 2.93. The van der Waals surface area contributed by atoms with Gasteiger partial charge in [0.25, 0.3) is 0 Å². The zero-order valence-electron chi connectivity index (χ0n) is 12.2. The number of hydrogen-bond acceptors (Lipinski definition) is 4. The monoisotopic (exact) mass is 261 g/mol. The molecule has 0 bridgehead atoms. The van der Waals surface area contributed by atoms with Gasteiger partial charge in [-0.2, -0.15) is 0 Å². The minimum absolute atomic E-state index is 0.195. The summed E-state index contributed by atoms with van der Waals surface area (Å²) in [5.41, 5.74) is 1.32. The lowest BCUT2D eigenvalue weighted by molar-refractivity contribution is -0.0922. The van der Waals surface area contributed by atoms with Gasteiger partial charge in [-0.25, -0.2) is 4.98 Å². The zero-order valence-corrected chi connectivity index (χ0v) is 12.2. The summed E-state index contributed by atoms with van der Waals surface area (Å²) in [5, 5.41) is 3.71. The lowest BCUT2D eigenvalue weighted by Gasteiger charge is -2.55.